The number of aliphatic imine (C=N–C) groups is 1. The Labute approximate surface area is 176 Å². The zero-order valence-corrected chi connectivity index (χ0v) is 18.4. The number of guanidine groups is 1. The van der Waals surface area contributed by atoms with Gasteiger partial charge in [-0.15, -0.1) is 11.3 Å². The molecule has 3 rings (SSSR count). The molecule has 0 atom stereocenters. The maximum Gasteiger partial charge on any atom is 0.191 e. The normalized spacial score (nSPS) is 16.8. The Morgan fingerprint density at radius 2 is 2.07 bits per heavy atom. The van der Waals surface area contributed by atoms with Crippen molar-refractivity contribution < 1.29 is 4.74 Å². The van der Waals surface area contributed by atoms with Crippen molar-refractivity contribution in [3.05, 3.63) is 50.4 Å². The molecule has 1 aromatic carbocycles. The summed E-state index contributed by atoms with van der Waals surface area (Å²) in [6.45, 7) is 9.95. The van der Waals surface area contributed by atoms with Crippen LogP contribution in [0, 0.1) is 13.8 Å². The Balaban J connectivity index is 1.75. The van der Waals surface area contributed by atoms with E-state index in [9.17, 15) is 0 Å². The van der Waals surface area contributed by atoms with Gasteiger partial charge in [-0.05, 0) is 51.3 Å². The molecule has 0 unspecified atom stereocenters. The number of hydrogen-bond acceptors (Lipinski definition) is 4. The van der Waals surface area contributed by atoms with Gasteiger partial charge in [0.05, 0.1) is 17.2 Å². The first-order valence-corrected chi connectivity index (χ1v) is 11.0. The van der Waals surface area contributed by atoms with E-state index in [0.717, 1.165) is 60.8 Å². The number of halogens is 1. The largest absolute Gasteiger partial charge is 0.381 e. The Morgan fingerprint density at radius 3 is 2.71 bits per heavy atom. The van der Waals surface area contributed by atoms with E-state index < -0.39 is 0 Å². The van der Waals surface area contributed by atoms with Crippen LogP contribution in [-0.2, 0) is 16.7 Å². The summed E-state index contributed by atoms with van der Waals surface area (Å²) in [5.74, 6) is 0.834. The number of nitrogens with zero attached hydrogens (tertiary/aromatic N) is 2. The fourth-order valence-corrected chi connectivity index (χ4v) is 4.67. The van der Waals surface area contributed by atoms with Gasteiger partial charge in [0.25, 0.3) is 0 Å². The van der Waals surface area contributed by atoms with Crippen molar-refractivity contribution in [1.82, 2.24) is 15.6 Å². The smallest absolute Gasteiger partial charge is 0.191 e. The fraction of sp³-hybridized carbons (Fsp3) is 0.524. The van der Waals surface area contributed by atoms with E-state index in [4.69, 9.17) is 21.3 Å². The number of aryl methyl sites for hydroxylation is 2. The summed E-state index contributed by atoms with van der Waals surface area (Å²) in [4.78, 5) is 10.5. The first-order chi connectivity index (χ1) is 13.5. The molecule has 1 aromatic heterocycles. The second-order valence-electron chi connectivity index (χ2n) is 7.19. The summed E-state index contributed by atoms with van der Waals surface area (Å²) in [6.07, 6.45) is 1.93. The number of aromatic nitrogens is 1. The van der Waals surface area contributed by atoms with Gasteiger partial charge in [0, 0.05) is 41.6 Å². The molecule has 0 saturated carbocycles. The zero-order chi connectivity index (χ0) is 20.0. The molecule has 0 bridgehead atoms. The van der Waals surface area contributed by atoms with Crippen LogP contribution in [0.2, 0.25) is 5.02 Å². The average molecular weight is 421 g/mol. The van der Waals surface area contributed by atoms with Gasteiger partial charge in [0.1, 0.15) is 0 Å². The molecule has 7 heteroatoms. The number of rotatable bonds is 6. The molecule has 0 amide bonds. The second kappa shape index (κ2) is 9.72. The van der Waals surface area contributed by atoms with E-state index in [1.54, 1.807) is 11.3 Å². The van der Waals surface area contributed by atoms with Crippen LogP contribution in [0.3, 0.4) is 0 Å². The van der Waals surface area contributed by atoms with Gasteiger partial charge in [-0.3, -0.25) is 0 Å². The van der Waals surface area contributed by atoms with Crippen LogP contribution in [0.1, 0.15) is 40.9 Å². The number of thiazole rings is 1. The molecule has 1 aliphatic rings. The van der Waals surface area contributed by atoms with E-state index in [1.807, 2.05) is 26.0 Å². The highest BCUT2D eigenvalue weighted by Gasteiger charge is 2.34. The highest BCUT2D eigenvalue weighted by atomic mass is 35.5. The Hall–Kier alpha value is -1.63. The van der Waals surface area contributed by atoms with Crippen molar-refractivity contribution in [2.24, 2.45) is 4.99 Å². The van der Waals surface area contributed by atoms with Crippen LogP contribution in [-0.4, -0.2) is 37.2 Å². The highest BCUT2D eigenvalue weighted by Crippen LogP contribution is 2.35. The molecule has 28 heavy (non-hydrogen) atoms. The third-order valence-corrected chi connectivity index (χ3v) is 6.50. The van der Waals surface area contributed by atoms with Crippen molar-refractivity contribution in [3.8, 4) is 0 Å². The van der Waals surface area contributed by atoms with Crippen LogP contribution in [0.25, 0.3) is 0 Å². The van der Waals surface area contributed by atoms with Gasteiger partial charge >= 0.3 is 0 Å². The Bertz CT molecular complexity index is 814. The monoisotopic (exact) mass is 420 g/mol. The van der Waals surface area contributed by atoms with Gasteiger partial charge in [-0.1, -0.05) is 23.7 Å². The minimum absolute atomic E-state index is 0.00364. The first kappa shape index (κ1) is 21.1. The number of ether oxygens (including phenoxy) is 1. The Kier molecular flexibility index (Phi) is 7.32. The van der Waals surface area contributed by atoms with Crippen molar-refractivity contribution in [3.63, 3.8) is 0 Å². The second-order valence-corrected chi connectivity index (χ2v) is 8.92. The molecule has 2 N–H and O–H groups in total. The van der Waals surface area contributed by atoms with Crippen LogP contribution in [0.15, 0.2) is 29.3 Å². The molecule has 0 spiro atoms. The molecule has 0 aliphatic carbocycles. The van der Waals surface area contributed by atoms with Gasteiger partial charge in [0.15, 0.2) is 5.96 Å². The van der Waals surface area contributed by atoms with E-state index >= 15 is 0 Å². The summed E-state index contributed by atoms with van der Waals surface area (Å²) >= 11 is 7.99. The minimum Gasteiger partial charge on any atom is -0.381 e. The molecule has 5 nitrogen and oxygen atoms in total. The summed E-state index contributed by atoms with van der Waals surface area (Å²) in [7, 11) is 0. The van der Waals surface area contributed by atoms with Crippen LogP contribution < -0.4 is 10.6 Å². The van der Waals surface area contributed by atoms with E-state index in [0.29, 0.717) is 6.54 Å². The minimum atomic E-state index is -0.00364. The topological polar surface area (TPSA) is 58.5 Å². The number of benzene rings is 1. The first-order valence-electron chi connectivity index (χ1n) is 9.81. The van der Waals surface area contributed by atoms with Gasteiger partial charge in [-0.25, -0.2) is 9.98 Å². The van der Waals surface area contributed by atoms with E-state index in [2.05, 4.69) is 34.7 Å². The van der Waals surface area contributed by atoms with Crippen molar-refractivity contribution in [2.45, 2.75) is 45.6 Å². The van der Waals surface area contributed by atoms with Crippen molar-refractivity contribution in [2.75, 3.05) is 26.3 Å². The lowest BCUT2D eigenvalue weighted by molar-refractivity contribution is 0.0514. The van der Waals surface area contributed by atoms with Gasteiger partial charge in [0.2, 0.25) is 0 Å². The summed E-state index contributed by atoms with van der Waals surface area (Å²) < 4.78 is 5.64. The van der Waals surface area contributed by atoms with Crippen LogP contribution >= 0.6 is 22.9 Å². The van der Waals surface area contributed by atoms with Crippen LogP contribution in [0.5, 0.6) is 0 Å². The molecule has 152 valence electrons. The molecule has 2 aromatic rings. The highest BCUT2D eigenvalue weighted by molar-refractivity contribution is 7.11. The number of nitrogens with one attached hydrogen (secondary N) is 2. The maximum atomic E-state index is 6.28. The lowest BCUT2D eigenvalue weighted by Crippen LogP contribution is -2.48. The van der Waals surface area contributed by atoms with Crippen molar-refractivity contribution >= 4 is 28.9 Å². The maximum absolute atomic E-state index is 6.28. The molecule has 1 fully saturated rings. The van der Waals surface area contributed by atoms with Gasteiger partial charge < -0.3 is 15.4 Å². The molecule has 1 aliphatic heterocycles. The predicted molar refractivity (Wildman–Crippen MR) is 118 cm³/mol. The van der Waals surface area contributed by atoms with Crippen molar-refractivity contribution in [1.29, 1.82) is 0 Å². The van der Waals surface area contributed by atoms with E-state index in [1.165, 1.54) is 10.4 Å². The quantitative estimate of drug-likeness (QED) is 0.542. The number of hydrogen-bond donors (Lipinski definition) is 2. The average Bonchev–Trinajstić information content (AvgIpc) is 3.02. The molecular weight excluding hydrogens is 392 g/mol. The Morgan fingerprint density at radius 1 is 1.29 bits per heavy atom. The summed E-state index contributed by atoms with van der Waals surface area (Å²) in [5.41, 5.74) is 2.33. The summed E-state index contributed by atoms with van der Waals surface area (Å²) in [5, 5.41) is 8.80. The SMILES string of the molecule is CCNC(=NCc1sc(C)nc1C)NCC1(c2cccc(Cl)c2)CCOCC1. The molecule has 0 radical (unpaired) electrons. The van der Waals surface area contributed by atoms with Gasteiger partial charge in [-0.2, -0.15) is 0 Å². The van der Waals surface area contributed by atoms with Crippen LogP contribution in [0.4, 0.5) is 0 Å². The van der Waals surface area contributed by atoms with E-state index in [-0.39, 0.29) is 5.41 Å². The lowest BCUT2D eigenvalue weighted by Gasteiger charge is -2.38. The molecular formula is C21H29ClN4OS. The molecule has 2 heterocycles. The molecule has 1 saturated heterocycles. The third kappa shape index (κ3) is 5.25. The fourth-order valence-electron chi connectivity index (χ4n) is 3.61. The standard InChI is InChI=1S/C21H29ClN4OS/c1-4-23-20(24-13-19-15(2)26-16(3)28-19)25-14-21(8-10-27-11-9-21)17-6-5-7-18(22)12-17/h5-7,12H,4,8-11,13-14H2,1-3H3,(H2,23,24,25). The predicted octanol–water partition coefficient (Wildman–Crippen LogP) is 4.22. The third-order valence-electron chi connectivity index (χ3n) is 5.21. The lowest BCUT2D eigenvalue weighted by atomic mass is 9.74. The zero-order valence-electron chi connectivity index (χ0n) is 16.8. The summed E-state index contributed by atoms with van der Waals surface area (Å²) in [6, 6.07) is 8.22.